The van der Waals surface area contributed by atoms with Crippen molar-refractivity contribution in [1.29, 1.82) is 5.26 Å². The number of nitrogens with zero attached hydrogens (tertiary/aromatic N) is 3. The van der Waals surface area contributed by atoms with Crippen molar-refractivity contribution in [1.82, 2.24) is 4.98 Å². The number of rotatable bonds is 3. The van der Waals surface area contributed by atoms with E-state index in [9.17, 15) is 9.59 Å². The molecule has 6 heteroatoms. The first-order valence-corrected chi connectivity index (χ1v) is 6.01. The van der Waals surface area contributed by atoms with Crippen molar-refractivity contribution in [2.24, 2.45) is 0 Å². The maximum Gasteiger partial charge on any atom is 0.354 e. The quantitative estimate of drug-likeness (QED) is 0.927. The molecule has 0 unspecified atom stereocenters. The second-order valence-corrected chi connectivity index (χ2v) is 4.23. The Hall–Kier alpha value is -3.20. The highest BCUT2D eigenvalue weighted by Gasteiger charge is 2.17. The summed E-state index contributed by atoms with van der Waals surface area (Å²) in [6, 6.07) is 11.3. The van der Waals surface area contributed by atoms with Crippen molar-refractivity contribution < 1.29 is 14.7 Å². The van der Waals surface area contributed by atoms with Gasteiger partial charge in [-0.1, -0.05) is 12.1 Å². The standard InChI is InChI=1S/C15H11N3O3/c1-18(13-5-3-2-4-11(13)9-16)14(19)10-6-7-17-12(8-10)15(20)21/h2-8H,1H3,(H,20,21). The highest BCUT2D eigenvalue weighted by molar-refractivity contribution is 6.07. The Kier molecular flexibility index (Phi) is 3.95. The van der Waals surface area contributed by atoms with Gasteiger partial charge in [0.15, 0.2) is 0 Å². The molecule has 1 aromatic carbocycles. The summed E-state index contributed by atoms with van der Waals surface area (Å²) in [4.78, 5) is 28.2. The second kappa shape index (κ2) is 5.84. The highest BCUT2D eigenvalue weighted by atomic mass is 16.4. The van der Waals surface area contributed by atoms with Gasteiger partial charge in [-0.25, -0.2) is 9.78 Å². The number of anilines is 1. The van der Waals surface area contributed by atoms with Crippen LogP contribution in [0.3, 0.4) is 0 Å². The number of aromatic nitrogens is 1. The Bertz CT molecular complexity index is 750. The molecule has 21 heavy (non-hydrogen) atoms. The van der Waals surface area contributed by atoms with Gasteiger partial charge in [0.25, 0.3) is 5.91 Å². The zero-order chi connectivity index (χ0) is 15.4. The van der Waals surface area contributed by atoms with Crippen LogP contribution in [0.15, 0.2) is 42.6 Å². The lowest BCUT2D eigenvalue weighted by molar-refractivity contribution is 0.0690. The molecule has 1 aromatic heterocycles. The van der Waals surface area contributed by atoms with Crippen LogP contribution in [0.1, 0.15) is 26.4 Å². The van der Waals surface area contributed by atoms with Gasteiger partial charge in [0, 0.05) is 18.8 Å². The third kappa shape index (κ3) is 2.87. The van der Waals surface area contributed by atoms with Crippen LogP contribution in [0, 0.1) is 11.3 Å². The topological polar surface area (TPSA) is 94.3 Å². The van der Waals surface area contributed by atoms with Crippen molar-refractivity contribution in [3.8, 4) is 6.07 Å². The van der Waals surface area contributed by atoms with E-state index in [1.54, 1.807) is 24.3 Å². The van der Waals surface area contributed by atoms with E-state index in [0.29, 0.717) is 11.3 Å². The first-order valence-electron chi connectivity index (χ1n) is 6.01. The number of carboxylic acids is 1. The van der Waals surface area contributed by atoms with Crippen LogP contribution in [0.2, 0.25) is 0 Å². The first kappa shape index (κ1) is 14.2. The van der Waals surface area contributed by atoms with Crippen LogP contribution in [-0.2, 0) is 0 Å². The molecule has 0 spiro atoms. The van der Waals surface area contributed by atoms with Gasteiger partial charge >= 0.3 is 5.97 Å². The Morgan fingerprint density at radius 3 is 2.67 bits per heavy atom. The fourth-order valence-electron chi connectivity index (χ4n) is 1.84. The number of aromatic carboxylic acids is 1. The normalized spacial score (nSPS) is 9.71. The van der Waals surface area contributed by atoms with Gasteiger partial charge in [0.05, 0.1) is 11.3 Å². The van der Waals surface area contributed by atoms with E-state index in [-0.39, 0.29) is 11.3 Å². The molecular formula is C15H11N3O3. The molecule has 0 saturated heterocycles. The van der Waals surface area contributed by atoms with Gasteiger partial charge in [-0.15, -0.1) is 0 Å². The molecule has 2 rings (SSSR count). The molecule has 0 fully saturated rings. The van der Waals surface area contributed by atoms with E-state index < -0.39 is 11.9 Å². The van der Waals surface area contributed by atoms with E-state index in [1.165, 1.54) is 30.3 Å². The summed E-state index contributed by atoms with van der Waals surface area (Å²) in [5.41, 5.74) is 0.806. The number of hydrogen-bond donors (Lipinski definition) is 1. The molecule has 6 nitrogen and oxygen atoms in total. The van der Waals surface area contributed by atoms with Gasteiger partial charge in [-0.2, -0.15) is 5.26 Å². The third-order valence-electron chi connectivity index (χ3n) is 2.92. The number of pyridine rings is 1. The Morgan fingerprint density at radius 2 is 2.00 bits per heavy atom. The molecule has 1 amide bonds. The largest absolute Gasteiger partial charge is 0.477 e. The Morgan fingerprint density at radius 1 is 1.29 bits per heavy atom. The summed E-state index contributed by atoms with van der Waals surface area (Å²) < 4.78 is 0. The monoisotopic (exact) mass is 281 g/mol. The molecule has 1 heterocycles. The predicted molar refractivity (Wildman–Crippen MR) is 75.1 cm³/mol. The SMILES string of the molecule is CN(C(=O)c1ccnc(C(=O)O)c1)c1ccccc1C#N. The lowest BCUT2D eigenvalue weighted by Gasteiger charge is -2.18. The number of nitriles is 1. The molecule has 0 aliphatic rings. The minimum Gasteiger partial charge on any atom is -0.477 e. The maximum atomic E-state index is 12.4. The Labute approximate surface area is 120 Å². The fraction of sp³-hybridized carbons (Fsp3) is 0.0667. The lowest BCUT2D eigenvalue weighted by atomic mass is 10.1. The minimum atomic E-state index is -1.20. The fourth-order valence-corrected chi connectivity index (χ4v) is 1.84. The van der Waals surface area contributed by atoms with E-state index in [4.69, 9.17) is 10.4 Å². The average Bonchev–Trinajstić information content (AvgIpc) is 2.53. The molecule has 104 valence electrons. The zero-order valence-corrected chi connectivity index (χ0v) is 11.1. The van der Waals surface area contributed by atoms with Gasteiger partial charge in [0.1, 0.15) is 11.8 Å². The van der Waals surface area contributed by atoms with Crippen LogP contribution >= 0.6 is 0 Å². The van der Waals surface area contributed by atoms with Crippen molar-refractivity contribution in [2.75, 3.05) is 11.9 Å². The number of para-hydroxylation sites is 1. The average molecular weight is 281 g/mol. The minimum absolute atomic E-state index is 0.192. The zero-order valence-electron chi connectivity index (χ0n) is 11.1. The Balaban J connectivity index is 2.38. The molecular weight excluding hydrogens is 270 g/mol. The number of carbonyl (C=O) groups excluding carboxylic acids is 1. The van der Waals surface area contributed by atoms with Crippen LogP contribution < -0.4 is 4.90 Å². The summed E-state index contributed by atoms with van der Waals surface area (Å²) in [7, 11) is 1.53. The van der Waals surface area contributed by atoms with Crippen LogP contribution in [0.5, 0.6) is 0 Å². The number of amides is 1. The van der Waals surface area contributed by atoms with Crippen LogP contribution in [0.25, 0.3) is 0 Å². The molecule has 2 aromatic rings. The molecule has 0 aliphatic carbocycles. The number of carboxylic acid groups (broad SMARTS) is 1. The van der Waals surface area contributed by atoms with Gasteiger partial charge in [-0.05, 0) is 24.3 Å². The number of benzene rings is 1. The third-order valence-corrected chi connectivity index (χ3v) is 2.92. The highest BCUT2D eigenvalue weighted by Crippen LogP contribution is 2.20. The molecule has 0 bridgehead atoms. The first-order chi connectivity index (χ1) is 10.0. The molecule has 0 radical (unpaired) electrons. The molecule has 1 N–H and O–H groups in total. The van der Waals surface area contributed by atoms with Crippen molar-refractivity contribution >= 4 is 17.6 Å². The van der Waals surface area contributed by atoms with Crippen LogP contribution in [0.4, 0.5) is 5.69 Å². The molecule has 0 saturated carbocycles. The summed E-state index contributed by atoms with van der Waals surface area (Å²) in [6.45, 7) is 0. The number of hydrogen-bond acceptors (Lipinski definition) is 4. The van der Waals surface area contributed by atoms with Crippen LogP contribution in [-0.4, -0.2) is 29.0 Å². The van der Waals surface area contributed by atoms with Gasteiger partial charge in [0.2, 0.25) is 0 Å². The van der Waals surface area contributed by atoms with Crippen molar-refractivity contribution in [2.45, 2.75) is 0 Å². The molecule has 0 atom stereocenters. The van der Waals surface area contributed by atoms with E-state index in [0.717, 1.165) is 0 Å². The summed E-state index contributed by atoms with van der Waals surface area (Å²) in [6.07, 6.45) is 1.26. The maximum absolute atomic E-state index is 12.4. The second-order valence-electron chi connectivity index (χ2n) is 4.23. The lowest BCUT2D eigenvalue weighted by Crippen LogP contribution is -2.27. The van der Waals surface area contributed by atoms with E-state index in [2.05, 4.69) is 4.98 Å². The summed E-state index contributed by atoms with van der Waals surface area (Å²) in [5, 5.41) is 18.0. The predicted octanol–water partition coefficient (Wildman–Crippen LogP) is 1.93. The summed E-state index contributed by atoms with van der Waals surface area (Å²) >= 11 is 0. The van der Waals surface area contributed by atoms with Gasteiger partial charge in [-0.3, -0.25) is 4.79 Å². The number of carbonyl (C=O) groups is 2. The van der Waals surface area contributed by atoms with Crippen molar-refractivity contribution in [3.63, 3.8) is 0 Å². The molecule has 0 aliphatic heterocycles. The van der Waals surface area contributed by atoms with E-state index >= 15 is 0 Å². The van der Waals surface area contributed by atoms with Gasteiger partial charge < -0.3 is 10.0 Å². The smallest absolute Gasteiger partial charge is 0.354 e. The van der Waals surface area contributed by atoms with Crippen molar-refractivity contribution in [3.05, 3.63) is 59.4 Å². The van der Waals surface area contributed by atoms with E-state index in [1.807, 2.05) is 6.07 Å². The summed E-state index contributed by atoms with van der Waals surface area (Å²) in [5.74, 6) is -1.62.